The second kappa shape index (κ2) is 5.46. The predicted octanol–water partition coefficient (Wildman–Crippen LogP) is 2.08. The predicted molar refractivity (Wildman–Crippen MR) is 51.3 cm³/mol. The Hall–Kier alpha value is -0.180. The highest BCUT2D eigenvalue weighted by atomic mass is 32.2. The quantitative estimate of drug-likeness (QED) is 0.632. The normalized spacial score (nSPS) is 18.1. The molecule has 0 N–H and O–H groups in total. The molecule has 1 saturated carbocycles. The van der Waals surface area contributed by atoms with Crippen molar-refractivity contribution >= 4 is 17.7 Å². The van der Waals surface area contributed by atoms with Gasteiger partial charge in [0.05, 0.1) is 12.9 Å². The van der Waals surface area contributed by atoms with Crippen LogP contribution in [0, 0.1) is 5.92 Å². The highest BCUT2D eigenvalue weighted by Gasteiger charge is 2.15. The molecule has 0 aromatic heterocycles. The van der Waals surface area contributed by atoms with Crippen LogP contribution in [-0.4, -0.2) is 24.6 Å². The Morgan fingerprint density at radius 1 is 1.50 bits per heavy atom. The number of rotatable bonds is 4. The van der Waals surface area contributed by atoms with Crippen molar-refractivity contribution in [2.75, 3.05) is 18.6 Å². The number of carbonyl (C=O) groups excluding carboxylic acids is 1. The highest BCUT2D eigenvalue weighted by Crippen LogP contribution is 2.27. The number of ether oxygens (including phenoxy) is 1. The summed E-state index contributed by atoms with van der Waals surface area (Å²) in [6.07, 6.45) is 5.47. The summed E-state index contributed by atoms with van der Waals surface area (Å²) in [6, 6.07) is 0. The van der Waals surface area contributed by atoms with Crippen LogP contribution in [0.5, 0.6) is 0 Å². The van der Waals surface area contributed by atoms with Gasteiger partial charge >= 0.3 is 5.97 Å². The molecule has 0 saturated heterocycles. The van der Waals surface area contributed by atoms with Crippen LogP contribution in [0.3, 0.4) is 0 Å². The van der Waals surface area contributed by atoms with Gasteiger partial charge < -0.3 is 4.74 Å². The summed E-state index contributed by atoms with van der Waals surface area (Å²) < 4.78 is 4.56. The van der Waals surface area contributed by atoms with E-state index in [-0.39, 0.29) is 5.97 Å². The average molecular weight is 188 g/mol. The molecule has 0 aliphatic heterocycles. The van der Waals surface area contributed by atoms with Crippen LogP contribution < -0.4 is 0 Å². The number of thioether (sulfide) groups is 1. The molecule has 1 aliphatic rings. The van der Waals surface area contributed by atoms with Crippen LogP contribution in [0.2, 0.25) is 0 Å². The fraction of sp³-hybridized carbons (Fsp3) is 0.889. The average Bonchev–Trinajstić information content (AvgIpc) is 2.57. The van der Waals surface area contributed by atoms with Gasteiger partial charge in [0.15, 0.2) is 0 Å². The standard InChI is InChI=1S/C9H16O2S/c1-11-9(10)7-12-6-8-4-2-3-5-8/h8H,2-7H2,1H3. The number of hydrogen-bond acceptors (Lipinski definition) is 3. The zero-order chi connectivity index (χ0) is 8.81. The molecule has 1 fully saturated rings. The first kappa shape index (κ1) is 9.90. The maximum Gasteiger partial charge on any atom is 0.315 e. The maximum atomic E-state index is 10.7. The van der Waals surface area contributed by atoms with Crippen LogP contribution in [0.25, 0.3) is 0 Å². The van der Waals surface area contributed by atoms with Crippen molar-refractivity contribution in [2.24, 2.45) is 5.92 Å². The summed E-state index contributed by atoms with van der Waals surface area (Å²) in [4.78, 5) is 10.7. The maximum absolute atomic E-state index is 10.7. The van der Waals surface area contributed by atoms with E-state index >= 15 is 0 Å². The highest BCUT2D eigenvalue weighted by molar-refractivity contribution is 7.99. The first-order valence-corrected chi connectivity index (χ1v) is 5.63. The molecular formula is C9H16O2S. The summed E-state index contributed by atoms with van der Waals surface area (Å²) in [5, 5.41) is 0. The lowest BCUT2D eigenvalue weighted by molar-refractivity contribution is -0.137. The molecular weight excluding hydrogens is 172 g/mol. The fourth-order valence-corrected chi connectivity index (χ4v) is 2.61. The molecule has 70 valence electrons. The summed E-state index contributed by atoms with van der Waals surface area (Å²) >= 11 is 1.71. The molecule has 1 aliphatic carbocycles. The molecule has 0 aromatic rings. The molecule has 12 heavy (non-hydrogen) atoms. The SMILES string of the molecule is COC(=O)CSCC1CCCC1. The molecule has 0 radical (unpaired) electrons. The van der Waals surface area contributed by atoms with E-state index in [1.54, 1.807) is 11.8 Å². The van der Waals surface area contributed by atoms with E-state index < -0.39 is 0 Å². The van der Waals surface area contributed by atoms with E-state index in [9.17, 15) is 4.79 Å². The Morgan fingerprint density at radius 2 is 2.17 bits per heavy atom. The Morgan fingerprint density at radius 3 is 2.75 bits per heavy atom. The minimum Gasteiger partial charge on any atom is -0.468 e. The molecule has 3 heteroatoms. The zero-order valence-corrected chi connectivity index (χ0v) is 8.36. The van der Waals surface area contributed by atoms with Crippen molar-refractivity contribution < 1.29 is 9.53 Å². The summed E-state index contributed by atoms with van der Waals surface area (Å²) in [5.41, 5.74) is 0. The second-order valence-electron chi connectivity index (χ2n) is 3.24. The number of methoxy groups -OCH3 is 1. The molecule has 0 atom stereocenters. The minimum atomic E-state index is -0.0991. The van der Waals surface area contributed by atoms with Gasteiger partial charge in [-0.15, -0.1) is 11.8 Å². The van der Waals surface area contributed by atoms with Gasteiger partial charge in [0.25, 0.3) is 0 Å². The molecule has 1 rings (SSSR count). The summed E-state index contributed by atoms with van der Waals surface area (Å²) in [6.45, 7) is 0. The van der Waals surface area contributed by atoms with Gasteiger partial charge in [0, 0.05) is 0 Å². The van der Waals surface area contributed by atoms with Crippen LogP contribution in [-0.2, 0) is 9.53 Å². The van der Waals surface area contributed by atoms with Crippen molar-refractivity contribution in [3.05, 3.63) is 0 Å². The van der Waals surface area contributed by atoms with E-state index in [4.69, 9.17) is 0 Å². The van der Waals surface area contributed by atoms with Gasteiger partial charge in [-0.25, -0.2) is 0 Å². The van der Waals surface area contributed by atoms with Crippen molar-refractivity contribution in [2.45, 2.75) is 25.7 Å². The van der Waals surface area contributed by atoms with Crippen molar-refractivity contribution in [1.29, 1.82) is 0 Å². The lowest BCUT2D eigenvalue weighted by Crippen LogP contribution is -2.06. The van der Waals surface area contributed by atoms with E-state index in [1.165, 1.54) is 32.8 Å². The largest absolute Gasteiger partial charge is 0.468 e. The molecule has 0 heterocycles. The Balaban J connectivity index is 1.97. The molecule has 2 nitrogen and oxygen atoms in total. The summed E-state index contributed by atoms with van der Waals surface area (Å²) in [5.74, 6) is 2.42. The Labute approximate surface area is 78.1 Å². The second-order valence-corrected chi connectivity index (χ2v) is 4.27. The lowest BCUT2D eigenvalue weighted by Gasteiger charge is -2.06. The van der Waals surface area contributed by atoms with Crippen LogP contribution >= 0.6 is 11.8 Å². The van der Waals surface area contributed by atoms with Gasteiger partial charge in [-0.1, -0.05) is 12.8 Å². The first-order valence-electron chi connectivity index (χ1n) is 4.47. The van der Waals surface area contributed by atoms with Crippen molar-refractivity contribution in [3.8, 4) is 0 Å². The molecule has 0 aromatic carbocycles. The topological polar surface area (TPSA) is 26.3 Å². The van der Waals surface area contributed by atoms with Crippen LogP contribution in [0.4, 0.5) is 0 Å². The molecule has 0 spiro atoms. The van der Waals surface area contributed by atoms with Gasteiger partial charge in [-0.2, -0.15) is 0 Å². The van der Waals surface area contributed by atoms with Gasteiger partial charge in [0.1, 0.15) is 0 Å². The molecule has 0 amide bonds. The summed E-state index contributed by atoms with van der Waals surface area (Å²) in [7, 11) is 1.44. The fourth-order valence-electron chi connectivity index (χ4n) is 1.54. The third-order valence-electron chi connectivity index (χ3n) is 2.28. The minimum absolute atomic E-state index is 0.0991. The van der Waals surface area contributed by atoms with E-state index in [0.29, 0.717) is 5.75 Å². The third-order valence-corrected chi connectivity index (χ3v) is 3.42. The molecule has 0 bridgehead atoms. The Bertz CT molecular complexity index is 141. The smallest absolute Gasteiger partial charge is 0.315 e. The number of carbonyl (C=O) groups is 1. The third kappa shape index (κ3) is 3.48. The van der Waals surface area contributed by atoms with Gasteiger partial charge in [-0.05, 0) is 24.5 Å². The molecule has 0 unspecified atom stereocenters. The van der Waals surface area contributed by atoms with Gasteiger partial charge in [0.2, 0.25) is 0 Å². The number of hydrogen-bond donors (Lipinski definition) is 0. The van der Waals surface area contributed by atoms with E-state index in [1.807, 2.05) is 0 Å². The van der Waals surface area contributed by atoms with Gasteiger partial charge in [-0.3, -0.25) is 4.79 Å². The van der Waals surface area contributed by atoms with E-state index in [0.717, 1.165) is 11.7 Å². The first-order chi connectivity index (χ1) is 5.83. The van der Waals surface area contributed by atoms with Crippen molar-refractivity contribution in [1.82, 2.24) is 0 Å². The number of esters is 1. The van der Waals surface area contributed by atoms with Crippen LogP contribution in [0.15, 0.2) is 0 Å². The van der Waals surface area contributed by atoms with Crippen molar-refractivity contribution in [3.63, 3.8) is 0 Å². The lowest BCUT2D eigenvalue weighted by atomic mass is 10.1. The van der Waals surface area contributed by atoms with E-state index in [2.05, 4.69) is 4.74 Å². The zero-order valence-electron chi connectivity index (χ0n) is 7.54. The monoisotopic (exact) mass is 188 g/mol. The van der Waals surface area contributed by atoms with Crippen LogP contribution in [0.1, 0.15) is 25.7 Å². The Kier molecular flexibility index (Phi) is 4.51.